The van der Waals surface area contributed by atoms with Crippen LogP contribution in [0.4, 0.5) is 0 Å². The normalized spacial score (nSPS) is 13.5. The lowest BCUT2D eigenvalue weighted by atomic mass is 9.90. The molecule has 2 aromatic rings. The van der Waals surface area contributed by atoms with Gasteiger partial charge in [0.2, 0.25) is 11.1 Å². The number of nitriles is 1. The Kier molecular flexibility index (Phi) is 5.19. The number of carbonyl (C=O) groups excluding carboxylic acids is 1. The molecule has 1 unspecified atom stereocenters. The maximum atomic E-state index is 12.1. The van der Waals surface area contributed by atoms with Gasteiger partial charge in [-0.25, -0.2) is 4.68 Å². The molecule has 0 saturated carbocycles. The number of rotatable bonds is 6. The average Bonchev–Trinajstić information content (AvgIpc) is 3.10. The van der Waals surface area contributed by atoms with E-state index in [4.69, 9.17) is 10.3 Å². The van der Waals surface area contributed by atoms with Gasteiger partial charge in [0, 0.05) is 0 Å². The van der Waals surface area contributed by atoms with E-state index in [2.05, 4.69) is 21.6 Å². The molecule has 0 aromatic carbocycles. The summed E-state index contributed by atoms with van der Waals surface area (Å²) in [5.74, 6) is 6.96. The minimum Gasteiger partial charge on any atom is -0.469 e. The number of carbonyl (C=O) groups is 1. The summed E-state index contributed by atoms with van der Waals surface area (Å²) in [6, 6.07) is 3.89. The molecule has 2 heterocycles. The van der Waals surface area contributed by atoms with E-state index in [-0.39, 0.29) is 17.6 Å². The number of aromatic nitrogens is 3. The van der Waals surface area contributed by atoms with Crippen LogP contribution in [0.2, 0.25) is 0 Å². The maximum Gasteiger partial charge on any atom is 0.231 e. The molecule has 0 radical (unpaired) electrons. The van der Waals surface area contributed by atoms with Crippen molar-refractivity contribution in [3.8, 4) is 17.5 Å². The number of hydrogen-bond acceptors (Lipinski definition) is 7. The molecule has 128 valence electrons. The number of nitrogen functional groups attached to an aromatic ring is 1. The second kappa shape index (κ2) is 6.97. The Morgan fingerprint density at radius 1 is 1.58 bits per heavy atom. The van der Waals surface area contributed by atoms with Gasteiger partial charge >= 0.3 is 0 Å². The highest BCUT2D eigenvalue weighted by atomic mass is 32.2. The van der Waals surface area contributed by atoms with Crippen molar-refractivity contribution in [3.05, 3.63) is 18.1 Å². The molecule has 8 nitrogen and oxygen atoms in total. The van der Waals surface area contributed by atoms with Gasteiger partial charge in [0.1, 0.15) is 11.3 Å². The van der Waals surface area contributed by atoms with E-state index in [1.807, 2.05) is 13.8 Å². The van der Waals surface area contributed by atoms with Crippen molar-refractivity contribution >= 4 is 17.7 Å². The lowest BCUT2D eigenvalue weighted by molar-refractivity contribution is -0.120. The molecule has 1 atom stereocenters. The van der Waals surface area contributed by atoms with Crippen molar-refractivity contribution in [1.29, 1.82) is 5.26 Å². The lowest BCUT2D eigenvalue weighted by Crippen LogP contribution is -2.49. The number of amides is 1. The highest BCUT2D eigenvalue weighted by molar-refractivity contribution is 7.99. The van der Waals surface area contributed by atoms with Gasteiger partial charge in [-0.1, -0.05) is 25.6 Å². The number of nitrogens with one attached hydrogen (secondary N) is 1. The van der Waals surface area contributed by atoms with Crippen molar-refractivity contribution in [2.45, 2.75) is 38.4 Å². The molecule has 1 amide bonds. The van der Waals surface area contributed by atoms with Crippen molar-refractivity contribution in [1.82, 2.24) is 20.2 Å². The molecular weight excluding hydrogens is 328 g/mol. The monoisotopic (exact) mass is 348 g/mol. The van der Waals surface area contributed by atoms with Crippen LogP contribution in [0.3, 0.4) is 0 Å². The molecule has 0 saturated heterocycles. The lowest BCUT2D eigenvalue weighted by Gasteiger charge is -2.27. The van der Waals surface area contributed by atoms with E-state index in [1.54, 1.807) is 26.2 Å². The predicted molar refractivity (Wildman–Crippen MR) is 90.3 cm³/mol. The number of nitrogens with zero attached hydrogens (tertiary/aromatic N) is 4. The number of hydrogen-bond donors (Lipinski definition) is 2. The Hall–Kier alpha value is -2.47. The summed E-state index contributed by atoms with van der Waals surface area (Å²) in [6.45, 7) is 7.27. The fourth-order valence-electron chi connectivity index (χ4n) is 1.93. The smallest absolute Gasteiger partial charge is 0.231 e. The van der Waals surface area contributed by atoms with E-state index >= 15 is 0 Å². The van der Waals surface area contributed by atoms with Crippen LogP contribution in [0, 0.1) is 24.2 Å². The van der Waals surface area contributed by atoms with Crippen LogP contribution in [0.1, 0.15) is 26.5 Å². The Balaban J connectivity index is 2.03. The standard InChI is InChI=1S/C15H20N6O2S/c1-9(2)15(4,8-16)18-12(22)7-24-14-20-19-13(21(14)17)11-5-6-23-10(11)3/h5-6,9H,7,17H2,1-4H3,(H,18,22). The van der Waals surface area contributed by atoms with Crippen LogP contribution < -0.4 is 11.2 Å². The Bertz CT molecular complexity index is 775. The quantitative estimate of drug-likeness (QED) is 0.601. The average molecular weight is 348 g/mol. The molecule has 0 spiro atoms. The molecule has 2 rings (SSSR count). The topological polar surface area (TPSA) is 123 Å². The van der Waals surface area contributed by atoms with E-state index in [1.165, 1.54) is 4.68 Å². The van der Waals surface area contributed by atoms with Crippen LogP contribution in [0.25, 0.3) is 11.4 Å². The largest absolute Gasteiger partial charge is 0.469 e. The molecule has 0 aliphatic heterocycles. The first-order valence-corrected chi connectivity index (χ1v) is 8.37. The SMILES string of the molecule is Cc1occc1-c1nnc(SCC(=O)NC(C)(C#N)C(C)C)n1N. The van der Waals surface area contributed by atoms with Crippen LogP contribution in [-0.4, -0.2) is 32.1 Å². The second-order valence-corrected chi connectivity index (χ2v) is 6.81. The molecule has 24 heavy (non-hydrogen) atoms. The van der Waals surface area contributed by atoms with Gasteiger partial charge in [-0.05, 0) is 25.8 Å². The summed E-state index contributed by atoms with van der Waals surface area (Å²) < 4.78 is 6.55. The summed E-state index contributed by atoms with van der Waals surface area (Å²) in [7, 11) is 0. The zero-order valence-corrected chi connectivity index (χ0v) is 14.8. The van der Waals surface area contributed by atoms with Gasteiger partial charge in [-0.15, -0.1) is 10.2 Å². The molecule has 2 aromatic heterocycles. The summed E-state index contributed by atoms with van der Waals surface area (Å²) in [6.07, 6.45) is 1.55. The zero-order valence-electron chi connectivity index (χ0n) is 14.0. The van der Waals surface area contributed by atoms with Crippen LogP contribution in [-0.2, 0) is 4.79 Å². The second-order valence-electron chi connectivity index (χ2n) is 5.87. The van der Waals surface area contributed by atoms with Crippen LogP contribution in [0.15, 0.2) is 21.9 Å². The van der Waals surface area contributed by atoms with Crippen molar-refractivity contribution in [2.75, 3.05) is 11.6 Å². The fraction of sp³-hybridized carbons (Fsp3) is 0.467. The van der Waals surface area contributed by atoms with Crippen LogP contribution >= 0.6 is 11.8 Å². The third kappa shape index (κ3) is 3.54. The Labute approximate surface area is 144 Å². The predicted octanol–water partition coefficient (Wildman–Crippen LogP) is 1.71. The van der Waals surface area contributed by atoms with E-state index in [0.717, 1.165) is 17.3 Å². The molecule has 0 bridgehead atoms. The minimum atomic E-state index is -0.910. The minimum absolute atomic E-state index is 0.00900. The van der Waals surface area contributed by atoms with Crippen LogP contribution in [0.5, 0.6) is 0 Å². The summed E-state index contributed by atoms with van der Waals surface area (Å²) >= 11 is 1.15. The molecule has 3 N–H and O–H groups in total. The first kappa shape index (κ1) is 17.9. The van der Waals surface area contributed by atoms with E-state index in [9.17, 15) is 10.1 Å². The number of thioether (sulfide) groups is 1. The fourth-order valence-corrected chi connectivity index (χ4v) is 2.59. The van der Waals surface area contributed by atoms with E-state index in [0.29, 0.717) is 16.7 Å². The molecule has 0 aliphatic rings. The van der Waals surface area contributed by atoms with Gasteiger partial charge in [0.15, 0.2) is 5.82 Å². The third-order valence-corrected chi connectivity index (χ3v) is 4.83. The van der Waals surface area contributed by atoms with Gasteiger partial charge in [0.05, 0.1) is 23.6 Å². The number of furan rings is 1. The van der Waals surface area contributed by atoms with Gasteiger partial charge in [-0.2, -0.15) is 5.26 Å². The van der Waals surface area contributed by atoms with Gasteiger partial charge < -0.3 is 15.6 Å². The number of nitrogens with two attached hydrogens (primary N) is 1. The highest BCUT2D eigenvalue weighted by Crippen LogP contribution is 2.25. The first-order valence-electron chi connectivity index (χ1n) is 7.38. The third-order valence-electron chi connectivity index (χ3n) is 3.88. The van der Waals surface area contributed by atoms with Gasteiger partial charge in [0.25, 0.3) is 0 Å². The molecular formula is C15H20N6O2S. The molecule has 9 heteroatoms. The summed E-state index contributed by atoms with van der Waals surface area (Å²) in [5, 5.41) is 20.4. The zero-order chi connectivity index (χ0) is 17.9. The molecule has 0 aliphatic carbocycles. The van der Waals surface area contributed by atoms with Crippen molar-refractivity contribution < 1.29 is 9.21 Å². The van der Waals surface area contributed by atoms with Crippen molar-refractivity contribution in [2.24, 2.45) is 5.92 Å². The van der Waals surface area contributed by atoms with Gasteiger partial charge in [-0.3, -0.25) is 4.79 Å². The van der Waals surface area contributed by atoms with E-state index < -0.39 is 5.54 Å². The molecule has 0 fully saturated rings. The highest BCUT2D eigenvalue weighted by Gasteiger charge is 2.30. The number of aryl methyl sites for hydroxylation is 1. The first-order chi connectivity index (χ1) is 11.3. The summed E-state index contributed by atoms with van der Waals surface area (Å²) in [5.41, 5.74) is -0.161. The Morgan fingerprint density at radius 2 is 2.29 bits per heavy atom. The van der Waals surface area contributed by atoms with Crippen molar-refractivity contribution in [3.63, 3.8) is 0 Å². The maximum absolute atomic E-state index is 12.1. The summed E-state index contributed by atoms with van der Waals surface area (Å²) in [4.78, 5) is 12.1. The Morgan fingerprint density at radius 3 is 2.83 bits per heavy atom.